The summed E-state index contributed by atoms with van der Waals surface area (Å²) in [4.78, 5) is -0.413. The van der Waals surface area contributed by atoms with Crippen LogP contribution in [-0.2, 0) is 14.8 Å². The molecule has 0 radical (unpaired) electrons. The molecule has 5 nitrogen and oxygen atoms in total. The molecule has 1 atom stereocenters. The van der Waals surface area contributed by atoms with Gasteiger partial charge in [-0.05, 0) is 32.0 Å². The highest BCUT2D eigenvalue weighted by atomic mass is 32.2. The van der Waals surface area contributed by atoms with Crippen LogP contribution in [-0.4, -0.2) is 34.2 Å². The third-order valence-electron chi connectivity index (χ3n) is 2.57. The molecule has 0 saturated carbocycles. The number of nitrogens with one attached hydrogen (secondary N) is 1. The van der Waals surface area contributed by atoms with Crippen molar-refractivity contribution in [3.63, 3.8) is 0 Å². The van der Waals surface area contributed by atoms with E-state index >= 15 is 0 Å². The molecule has 1 aromatic rings. The Bertz CT molecular complexity index is 635. The fourth-order valence-corrected chi connectivity index (χ4v) is 2.77. The number of rotatable bonds is 6. The predicted molar refractivity (Wildman–Crippen MR) is 78.6 cm³/mol. The van der Waals surface area contributed by atoms with Gasteiger partial charge in [-0.2, -0.15) is 0 Å². The van der Waals surface area contributed by atoms with Gasteiger partial charge in [0.2, 0.25) is 10.0 Å². The highest BCUT2D eigenvalue weighted by Gasteiger charge is 2.19. The SMILES string of the molecule is CCOC(C)CNS(=O)(=O)c1ccc(C#CCN)cc1F. The van der Waals surface area contributed by atoms with E-state index in [1.807, 2.05) is 6.92 Å². The molecular formula is C14H19FN2O3S. The van der Waals surface area contributed by atoms with Gasteiger partial charge in [0.05, 0.1) is 12.6 Å². The van der Waals surface area contributed by atoms with Gasteiger partial charge in [0.25, 0.3) is 0 Å². The van der Waals surface area contributed by atoms with Gasteiger partial charge in [-0.15, -0.1) is 0 Å². The van der Waals surface area contributed by atoms with Crippen LogP contribution in [0.5, 0.6) is 0 Å². The van der Waals surface area contributed by atoms with Crippen molar-refractivity contribution in [1.29, 1.82) is 0 Å². The van der Waals surface area contributed by atoms with Gasteiger partial charge in [0.1, 0.15) is 10.7 Å². The molecule has 0 heterocycles. The van der Waals surface area contributed by atoms with Crippen LogP contribution in [0.25, 0.3) is 0 Å². The van der Waals surface area contributed by atoms with Gasteiger partial charge in [-0.3, -0.25) is 0 Å². The van der Waals surface area contributed by atoms with E-state index in [-0.39, 0.29) is 19.2 Å². The molecule has 1 unspecified atom stereocenters. The number of benzene rings is 1. The fourth-order valence-electron chi connectivity index (χ4n) is 1.60. The fraction of sp³-hybridized carbons (Fsp3) is 0.429. The molecule has 1 aromatic carbocycles. The Morgan fingerprint density at radius 1 is 1.48 bits per heavy atom. The Balaban J connectivity index is 2.88. The monoisotopic (exact) mass is 314 g/mol. The Hall–Kier alpha value is -1.46. The first kappa shape index (κ1) is 17.6. The third kappa shape index (κ3) is 5.44. The molecule has 0 saturated heterocycles. The van der Waals surface area contributed by atoms with Gasteiger partial charge in [0.15, 0.2) is 0 Å². The molecule has 3 N–H and O–H groups in total. The molecule has 0 aromatic heterocycles. The van der Waals surface area contributed by atoms with Crippen LogP contribution < -0.4 is 10.5 Å². The van der Waals surface area contributed by atoms with Gasteiger partial charge in [-0.25, -0.2) is 17.5 Å². The second-order valence-electron chi connectivity index (χ2n) is 4.27. The van der Waals surface area contributed by atoms with E-state index in [4.69, 9.17) is 10.5 Å². The number of ether oxygens (including phenoxy) is 1. The normalized spacial score (nSPS) is 12.6. The topological polar surface area (TPSA) is 81.4 Å². The number of hydrogen-bond acceptors (Lipinski definition) is 4. The van der Waals surface area contributed by atoms with Gasteiger partial charge >= 0.3 is 0 Å². The van der Waals surface area contributed by atoms with Crippen LogP contribution in [0.4, 0.5) is 4.39 Å². The summed E-state index contributed by atoms with van der Waals surface area (Å²) in [5.41, 5.74) is 5.60. The molecule has 0 aliphatic rings. The quantitative estimate of drug-likeness (QED) is 0.762. The number of halogens is 1. The average molecular weight is 314 g/mol. The first-order valence-corrected chi connectivity index (χ1v) is 7.98. The van der Waals surface area contributed by atoms with Crippen molar-refractivity contribution < 1.29 is 17.5 Å². The highest BCUT2D eigenvalue weighted by Crippen LogP contribution is 2.15. The summed E-state index contributed by atoms with van der Waals surface area (Å²) in [6.45, 7) is 4.24. The van der Waals surface area contributed by atoms with Gasteiger partial charge in [-0.1, -0.05) is 11.8 Å². The first-order valence-electron chi connectivity index (χ1n) is 6.50. The second kappa shape index (κ2) is 8.10. The zero-order valence-electron chi connectivity index (χ0n) is 12.0. The summed E-state index contributed by atoms with van der Waals surface area (Å²) in [5.74, 6) is 4.36. The Kier molecular flexibility index (Phi) is 6.78. The Morgan fingerprint density at radius 2 is 2.19 bits per heavy atom. The number of sulfonamides is 1. The molecule has 0 fully saturated rings. The molecule has 7 heteroatoms. The maximum Gasteiger partial charge on any atom is 0.243 e. The molecule has 116 valence electrons. The van der Waals surface area contributed by atoms with Crippen molar-refractivity contribution in [3.05, 3.63) is 29.6 Å². The second-order valence-corrected chi connectivity index (χ2v) is 6.00. The summed E-state index contributed by atoms with van der Waals surface area (Å²) in [7, 11) is -3.92. The van der Waals surface area contributed by atoms with Crippen molar-refractivity contribution in [2.75, 3.05) is 19.7 Å². The third-order valence-corrected chi connectivity index (χ3v) is 4.03. The van der Waals surface area contributed by atoms with E-state index < -0.39 is 20.7 Å². The minimum absolute atomic E-state index is 0.0738. The Labute approximate surface area is 124 Å². The zero-order chi connectivity index (χ0) is 15.9. The van der Waals surface area contributed by atoms with Crippen LogP contribution in [0.3, 0.4) is 0 Å². The van der Waals surface area contributed by atoms with E-state index in [9.17, 15) is 12.8 Å². The van der Waals surface area contributed by atoms with E-state index in [1.165, 1.54) is 12.1 Å². The molecule has 0 bridgehead atoms. The van der Waals surface area contributed by atoms with Gasteiger partial charge < -0.3 is 10.5 Å². The summed E-state index contributed by atoms with van der Waals surface area (Å²) >= 11 is 0. The van der Waals surface area contributed by atoms with Crippen molar-refractivity contribution in [1.82, 2.24) is 4.72 Å². The minimum atomic E-state index is -3.92. The maximum absolute atomic E-state index is 13.9. The standard InChI is InChI=1S/C14H19FN2O3S/c1-3-20-11(2)10-17-21(18,19)14-7-6-12(5-4-8-16)9-13(14)15/h6-7,9,11,17H,3,8,10,16H2,1-2H3. The lowest BCUT2D eigenvalue weighted by Crippen LogP contribution is -2.32. The lowest BCUT2D eigenvalue weighted by molar-refractivity contribution is 0.0799. The lowest BCUT2D eigenvalue weighted by Gasteiger charge is -2.13. The maximum atomic E-state index is 13.9. The molecule has 0 aliphatic carbocycles. The smallest absolute Gasteiger partial charge is 0.243 e. The molecule has 0 aliphatic heterocycles. The van der Waals surface area contributed by atoms with E-state index in [1.54, 1.807) is 6.92 Å². The molecule has 1 rings (SSSR count). The molecular weight excluding hydrogens is 295 g/mol. The number of hydrogen-bond donors (Lipinski definition) is 2. The van der Waals surface area contributed by atoms with Crippen LogP contribution in [0.1, 0.15) is 19.4 Å². The van der Waals surface area contributed by atoms with Gasteiger partial charge in [0, 0.05) is 18.7 Å². The molecule has 21 heavy (non-hydrogen) atoms. The van der Waals surface area contributed by atoms with E-state index in [0.717, 1.165) is 6.07 Å². The Morgan fingerprint density at radius 3 is 2.76 bits per heavy atom. The van der Waals surface area contributed by atoms with Crippen molar-refractivity contribution in [2.45, 2.75) is 24.8 Å². The van der Waals surface area contributed by atoms with Crippen LogP contribution >= 0.6 is 0 Å². The molecule has 0 spiro atoms. The minimum Gasteiger partial charge on any atom is -0.377 e. The molecule has 0 amide bonds. The summed E-state index contributed by atoms with van der Waals surface area (Å²) < 4.78 is 45.5. The van der Waals surface area contributed by atoms with Crippen LogP contribution in [0.2, 0.25) is 0 Å². The zero-order valence-corrected chi connectivity index (χ0v) is 12.8. The number of nitrogens with two attached hydrogens (primary N) is 1. The van der Waals surface area contributed by atoms with Crippen LogP contribution in [0.15, 0.2) is 23.1 Å². The summed E-state index contributed by atoms with van der Waals surface area (Å²) in [6, 6.07) is 3.69. The van der Waals surface area contributed by atoms with Crippen LogP contribution in [0, 0.1) is 17.7 Å². The van der Waals surface area contributed by atoms with E-state index in [2.05, 4.69) is 16.6 Å². The van der Waals surface area contributed by atoms with E-state index in [0.29, 0.717) is 12.2 Å². The first-order chi connectivity index (χ1) is 9.90. The van der Waals surface area contributed by atoms with Crippen molar-refractivity contribution in [2.24, 2.45) is 5.73 Å². The summed E-state index contributed by atoms with van der Waals surface area (Å²) in [6.07, 6.45) is -0.289. The predicted octanol–water partition coefficient (Wildman–Crippen LogP) is 0.839. The lowest BCUT2D eigenvalue weighted by atomic mass is 10.2. The van der Waals surface area contributed by atoms with Crippen molar-refractivity contribution >= 4 is 10.0 Å². The highest BCUT2D eigenvalue weighted by molar-refractivity contribution is 7.89. The average Bonchev–Trinajstić information content (AvgIpc) is 2.43. The summed E-state index contributed by atoms with van der Waals surface area (Å²) in [5, 5.41) is 0. The largest absolute Gasteiger partial charge is 0.377 e. The van der Waals surface area contributed by atoms with Crippen molar-refractivity contribution in [3.8, 4) is 11.8 Å².